The fraction of sp³-hybridized carbons (Fsp3) is 0.594. The van der Waals surface area contributed by atoms with Crippen LogP contribution in [-0.2, 0) is 68.8 Å². The van der Waals surface area contributed by atoms with Crippen LogP contribution in [0, 0.1) is 23.7 Å². The number of rotatable bonds is 38. The normalized spacial score (nSPS) is 16.8. The molecule has 2 aliphatic heterocycles. The summed E-state index contributed by atoms with van der Waals surface area (Å²) in [6, 6.07) is 9.56. The van der Waals surface area contributed by atoms with Gasteiger partial charge in [-0.2, -0.15) is 11.8 Å². The Balaban J connectivity index is 1.32. The van der Waals surface area contributed by atoms with Crippen molar-refractivity contribution in [3.63, 3.8) is 0 Å². The van der Waals surface area contributed by atoms with Gasteiger partial charge in [0.15, 0.2) is 0 Å². The zero-order valence-electron chi connectivity index (χ0n) is 59.3. The molecule has 13 amide bonds. The number of likely N-dealkylation sites (N-methyl/N-ethyl adjacent to an activating group) is 2. The van der Waals surface area contributed by atoms with Crippen molar-refractivity contribution < 1.29 is 76.9 Å². The maximum atomic E-state index is 14.3. The minimum atomic E-state index is -1.16. The van der Waals surface area contributed by atoms with Crippen LogP contribution >= 0.6 is 11.8 Å². The second-order valence-electron chi connectivity index (χ2n) is 25.7. The molecular formula is C69H105N13O16S. The third kappa shape index (κ3) is 25.0. The molecule has 99 heavy (non-hydrogen) atoms. The van der Waals surface area contributed by atoms with Crippen LogP contribution in [0.4, 0.5) is 15.3 Å². The predicted molar refractivity (Wildman–Crippen MR) is 373 cm³/mol. The second kappa shape index (κ2) is 41.1. The summed E-state index contributed by atoms with van der Waals surface area (Å²) in [5.41, 5.74) is 6.73. The number of anilines is 1. The molecule has 2 unspecified atom stereocenters. The lowest BCUT2D eigenvalue weighted by Crippen LogP contribution is -2.59. The molecule has 2 fully saturated rings. The Kier molecular flexibility index (Phi) is 34.4. The number of nitrogens with zero attached hydrogens (tertiary/aromatic N) is 6. The maximum Gasteiger partial charge on any atom is 0.410 e. The molecule has 11 atom stereocenters. The van der Waals surface area contributed by atoms with Crippen molar-refractivity contribution in [2.24, 2.45) is 29.4 Å². The molecule has 0 spiro atoms. The quantitative estimate of drug-likeness (QED) is 0.0353. The molecule has 0 aromatic heterocycles. The first-order chi connectivity index (χ1) is 46.9. The number of amides is 13. The number of nitrogens with two attached hydrogens (primary N) is 1. The molecule has 0 aliphatic carbocycles. The SMILES string of the molecule is C=CC(=O)N1CN(C(=O)C=C)CN(C(=O)CCSCC(=O)NC(C(=O)N[C@@H](CCCNC(N)=O)C(=O)Nc2ccc(COC(=O)N(C)C(C(=O)NCC(=O)N(C)[C@@H]([C@H](C)CC)[C@@H](CC(=O)N3CCC[C@H]3[C@H](OC)[C@@H](C)C(=O)N[C@H](C)[C@@H](O)c3ccccc3)OC)C(C)C)cc2)C(C)C)C1. The van der Waals surface area contributed by atoms with Crippen molar-refractivity contribution in [1.29, 1.82) is 0 Å². The number of aliphatic hydroxyl groups excluding tert-OH is 1. The van der Waals surface area contributed by atoms with E-state index in [2.05, 4.69) is 45.1 Å². The number of aliphatic hydroxyl groups is 1. The van der Waals surface area contributed by atoms with Gasteiger partial charge in [0.25, 0.3) is 0 Å². The Labute approximate surface area is 585 Å². The average molecular weight is 1400 g/mol. The van der Waals surface area contributed by atoms with Crippen LogP contribution in [0.25, 0.3) is 0 Å². The zero-order chi connectivity index (χ0) is 73.8. The first-order valence-corrected chi connectivity index (χ1v) is 34.6. The number of thioether (sulfide) groups is 1. The lowest BCUT2D eigenvalue weighted by Gasteiger charge is -2.41. The van der Waals surface area contributed by atoms with E-state index in [0.717, 1.165) is 28.8 Å². The number of carbonyl (C=O) groups excluding carboxylic acids is 12. The third-order valence-corrected chi connectivity index (χ3v) is 18.8. The number of primary amides is 1. The largest absolute Gasteiger partial charge is 0.445 e. The molecule has 548 valence electrons. The summed E-state index contributed by atoms with van der Waals surface area (Å²) < 4.78 is 17.6. The van der Waals surface area contributed by atoms with Crippen LogP contribution in [0.2, 0.25) is 0 Å². The summed E-state index contributed by atoms with van der Waals surface area (Å²) in [6.45, 7) is 20.9. The van der Waals surface area contributed by atoms with E-state index in [4.69, 9.17) is 19.9 Å². The molecule has 0 radical (unpaired) electrons. The summed E-state index contributed by atoms with van der Waals surface area (Å²) in [5, 5.41) is 27.2. The number of likely N-dealkylation sites (tertiary alicyclic amines) is 1. The number of hydrogen-bond donors (Lipinski definition) is 8. The highest BCUT2D eigenvalue weighted by molar-refractivity contribution is 7.99. The molecule has 0 saturated carbocycles. The molecule has 2 aliphatic rings. The van der Waals surface area contributed by atoms with Gasteiger partial charge in [-0.15, -0.1) is 0 Å². The first-order valence-electron chi connectivity index (χ1n) is 33.5. The van der Waals surface area contributed by atoms with E-state index in [1.165, 1.54) is 40.9 Å². The highest BCUT2D eigenvalue weighted by Gasteiger charge is 2.43. The average Bonchev–Trinajstić information content (AvgIpc) is 0.904. The zero-order valence-corrected chi connectivity index (χ0v) is 60.1. The van der Waals surface area contributed by atoms with E-state index in [1.807, 2.05) is 32.0 Å². The van der Waals surface area contributed by atoms with Gasteiger partial charge in [0.1, 0.15) is 24.7 Å². The fourth-order valence-electron chi connectivity index (χ4n) is 12.0. The molecule has 2 aromatic rings. The smallest absolute Gasteiger partial charge is 0.410 e. The highest BCUT2D eigenvalue weighted by atomic mass is 32.2. The van der Waals surface area contributed by atoms with Crippen LogP contribution < -0.4 is 37.6 Å². The molecule has 0 bridgehead atoms. The summed E-state index contributed by atoms with van der Waals surface area (Å²) in [5.74, 6) is -6.42. The maximum absolute atomic E-state index is 14.3. The third-order valence-electron chi connectivity index (χ3n) is 17.8. The number of carbonyl (C=O) groups is 12. The van der Waals surface area contributed by atoms with Crippen LogP contribution in [0.15, 0.2) is 79.9 Å². The van der Waals surface area contributed by atoms with Gasteiger partial charge in [-0.3, -0.25) is 52.8 Å². The lowest BCUT2D eigenvalue weighted by atomic mass is 9.90. The minimum Gasteiger partial charge on any atom is -0.445 e. The van der Waals surface area contributed by atoms with Crippen LogP contribution in [0.5, 0.6) is 0 Å². The summed E-state index contributed by atoms with van der Waals surface area (Å²) in [6.07, 6.45) is 0.982. The van der Waals surface area contributed by atoms with Gasteiger partial charge in [-0.25, -0.2) is 9.59 Å². The van der Waals surface area contributed by atoms with Crippen molar-refractivity contribution in [1.82, 2.24) is 56.0 Å². The fourth-order valence-corrected chi connectivity index (χ4v) is 12.8. The monoisotopic (exact) mass is 1400 g/mol. The van der Waals surface area contributed by atoms with Crippen molar-refractivity contribution in [2.45, 2.75) is 162 Å². The van der Waals surface area contributed by atoms with Gasteiger partial charge < -0.3 is 81.5 Å². The van der Waals surface area contributed by atoms with Gasteiger partial charge >= 0.3 is 12.1 Å². The van der Waals surface area contributed by atoms with Crippen molar-refractivity contribution in [2.75, 3.05) is 84.8 Å². The number of nitrogens with one attached hydrogen (secondary N) is 6. The van der Waals surface area contributed by atoms with Gasteiger partial charge in [0.05, 0.1) is 81.1 Å². The Morgan fingerprint density at radius 3 is 1.94 bits per heavy atom. The van der Waals surface area contributed by atoms with E-state index in [9.17, 15) is 62.6 Å². The van der Waals surface area contributed by atoms with Gasteiger partial charge in [0, 0.05) is 59.3 Å². The van der Waals surface area contributed by atoms with Crippen molar-refractivity contribution in [3.05, 3.63) is 91.0 Å². The molecule has 4 rings (SSSR count). The van der Waals surface area contributed by atoms with Gasteiger partial charge in [-0.05, 0) is 85.8 Å². The molecule has 30 heteroatoms. The Bertz CT molecular complexity index is 3060. The molecule has 29 nitrogen and oxygen atoms in total. The second-order valence-corrected chi connectivity index (χ2v) is 26.8. The van der Waals surface area contributed by atoms with Crippen LogP contribution in [0.3, 0.4) is 0 Å². The van der Waals surface area contributed by atoms with Crippen LogP contribution in [-0.4, -0.2) is 234 Å². The first kappa shape index (κ1) is 82.8. The van der Waals surface area contributed by atoms with E-state index in [0.29, 0.717) is 42.6 Å². The standard InChI is InChI=1S/C69H105N13O16S/c1-15-44(8)61(52(96-13)35-57(87)82-33-22-26-51(82)63(97-14)45(9)64(90)73-46(10)62(89)48-23-19-18-20-24-48)77(11)58(88)36-72-67(93)60(43(6)7)78(12)69(95)98-37-47-27-29-49(30-28-47)74-65(91)50(25-21-32-71-68(70)94)75-66(92)59(42(4)5)76-53(83)38-99-34-31-56(86)81-40-79(54(84)16-2)39-80(41-81)55(85)17-3/h16-20,23-24,27-30,42-46,50-52,59-63,89H,2-3,15,21-22,25-26,31-41H2,1,4-14H3,(H,72,93)(H,73,90)(H,74,91)(H,75,92)(H,76,83)(H3,70,71,94)/t44-,45-,46-,50+,51+,52-,59?,60?,61+,62-,63-/m1/s1. The summed E-state index contributed by atoms with van der Waals surface area (Å²) >= 11 is 1.13. The molecule has 9 N–H and O–H groups in total. The molecule has 2 heterocycles. The molecule has 2 aromatic carbocycles. The van der Waals surface area contributed by atoms with Crippen molar-refractivity contribution >= 4 is 88.6 Å². The Morgan fingerprint density at radius 2 is 1.37 bits per heavy atom. The van der Waals surface area contributed by atoms with E-state index < -0.39 is 132 Å². The van der Waals surface area contributed by atoms with Crippen LogP contribution in [0.1, 0.15) is 118 Å². The predicted octanol–water partition coefficient (Wildman–Crippen LogP) is 3.43. The summed E-state index contributed by atoms with van der Waals surface area (Å²) in [7, 11) is 5.98. The molecular weight excluding hydrogens is 1300 g/mol. The number of methoxy groups -OCH3 is 2. The lowest BCUT2D eigenvalue weighted by molar-refractivity contribution is -0.154. The highest BCUT2D eigenvalue weighted by Crippen LogP contribution is 2.30. The van der Waals surface area contributed by atoms with Crippen molar-refractivity contribution in [3.8, 4) is 0 Å². The number of benzene rings is 2. The van der Waals surface area contributed by atoms with E-state index in [1.54, 1.807) is 89.9 Å². The Morgan fingerprint density at radius 1 is 0.747 bits per heavy atom. The summed E-state index contributed by atoms with van der Waals surface area (Å²) in [4.78, 5) is 168. The number of ether oxygens (including phenoxy) is 3. The Hall–Kier alpha value is -8.61. The number of urea groups is 1. The topological polar surface area (TPSA) is 370 Å². The minimum absolute atomic E-state index is 0.0241. The van der Waals surface area contributed by atoms with E-state index >= 15 is 0 Å². The number of hydrogen-bond acceptors (Lipinski definition) is 17. The van der Waals surface area contributed by atoms with E-state index in [-0.39, 0.29) is 94.0 Å². The van der Waals surface area contributed by atoms with Gasteiger partial charge in [0.2, 0.25) is 59.1 Å². The van der Waals surface area contributed by atoms with Gasteiger partial charge in [-0.1, -0.05) is 111 Å². The molecule has 2 saturated heterocycles.